The zero-order chi connectivity index (χ0) is 17.2. The molecule has 9 heteroatoms. The van der Waals surface area contributed by atoms with E-state index in [0.29, 0.717) is 15.9 Å². The van der Waals surface area contributed by atoms with Gasteiger partial charge in [0.25, 0.3) is 5.56 Å². The second kappa shape index (κ2) is 6.29. The lowest BCUT2D eigenvalue weighted by Crippen LogP contribution is -2.39. The van der Waals surface area contributed by atoms with Crippen LogP contribution in [0.4, 0.5) is 13.2 Å². The van der Waals surface area contributed by atoms with Crippen LogP contribution in [0, 0.1) is 0 Å². The minimum absolute atomic E-state index is 0.0206. The molecule has 1 heterocycles. The molecule has 0 amide bonds. The van der Waals surface area contributed by atoms with Gasteiger partial charge in [0.15, 0.2) is 0 Å². The largest absolute Gasteiger partial charge is 0.496 e. The van der Waals surface area contributed by atoms with Gasteiger partial charge in [-0.25, -0.2) is 4.79 Å². The fourth-order valence-corrected chi connectivity index (χ4v) is 2.07. The number of carbonyl (C=O) groups is 1. The maximum Gasteiger partial charge on any atom is 0.493 e. The lowest BCUT2D eigenvalue weighted by atomic mass is 10.1. The summed E-state index contributed by atoms with van der Waals surface area (Å²) in [7, 11) is 1.37. The second-order valence-corrected chi connectivity index (χ2v) is 4.58. The summed E-state index contributed by atoms with van der Waals surface area (Å²) in [6, 6.07) is 5.83. The number of carbonyl (C=O) groups excluding carboxylic acids is 1. The van der Waals surface area contributed by atoms with Gasteiger partial charge in [-0.05, 0) is 31.2 Å². The number of hydrogen-bond donors (Lipinski definition) is 1. The molecule has 2 rings (SSSR count). The van der Waals surface area contributed by atoms with E-state index in [0.717, 1.165) is 0 Å². The van der Waals surface area contributed by atoms with Crippen molar-refractivity contribution in [3.8, 4) is 5.75 Å². The number of nitrogens with two attached hydrogens (primary N) is 1. The fraction of sp³-hybridized carbons (Fsp3) is 0.286. The number of ether oxygens (including phenoxy) is 1. The Hall–Kier alpha value is -2.55. The van der Waals surface area contributed by atoms with Gasteiger partial charge >= 0.3 is 12.1 Å². The summed E-state index contributed by atoms with van der Waals surface area (Å²) in [5.74, 6) is -2.17. The van der Waals surface area contributed by atoms with Crippen LogP contribution in [0.2, 0.25) is 0 Å². The minimum Gasteiger partial charge on any atom is -0.496 e. The van der Waals surface area contributed by atoms with Crippen LogP contribution in [0.5, 0.6) is 5.75 Å². The molecule has 0 bridgehead atoms. The van der Waals surface area contributed by atoms with E-state index in [1.807, 2.05) is 0 Å². The molecule has 0 aliphatic heterocycles. The molecule has 1 aromatic heterocycles. The quantitative estimate of drug-likeness (QED) is 0.905. The van der Waals surface area contributed by atoms with Crippen molar-refractivity contribution in [2.45, 2.75) is 12.6 Å². The molecule has 0 saturated carbocycles. The van der Waals surface area contributed by atoms with Crippen molar-refractivity contribution in [2.24, 2.45) is 5.73 Å². The normalized spacial score (nSPS) is 11.5. The zero-order valence-electron chi connectivity index (χ0n) is 12.0. The third-order valence-corrected chi connectivity index (χ3v) is 3.08. The van der Waals surface area contributed by atoms with Crippen LogP contribution < -0.4 is 20.9 Å². The molecule has 0 saturated heterocycles. The average Bonchev–Trinajstić information content (AvgIpc) is 2.49. The molecule has 0 fully saturated rings. The van der Waals surface area contributed by atoms with E-state index in [1.54, 1.807) is 6.07 Å². The highest BCUT2D eigenvalue weighted by molar-refractivity contribution is 5.86. The van der Waals surface area contributed by atoms with Gasteiger partial charge in [0.05, 0.1) is 12.6 Å². The van der Waals surface area contributed by atoms with Crippen LogP contribution in [0.25, 0.3) is 10.9 Å². The van der Waals surface area contributed by atoms with E-state index in [-0.39, 0.29) is 24.0 Å². The average molecular weight is 330 g/mol. The van der Waals surface area contributed by atoms with Crippen LogP contribution in [-0.4, -0.2) is 30.5 Å². The van der Waals surface area contributed by atoms with Gasteiger partial charge in [-0.2, -0.15) is 13.2 Å². The highest BCUT2D eigenvalue weighted by Gasteiger charge is 2.42. The summed E-state index contributed by atoms with van der Waals surface area (Å²) in [6.07, 6.45) is -5.12. The number of pyridine rings is 1. The summed E-state index contributed by atoms with van der Waals surface area (Å²) < 4.78 is 42.7. The Labute approximate surface area is 128 Å². The van der Waals surface area contributed by atoms with Crippen molar-refractivity contribution in [1.29, 1.82) is 0 Å². The highest BCUT2D eigenvalue weighted by atomic mass is 19.4. The van der Waals surface area contributed by atoms with Crippen LogP contribution >= 0.6 is 0 Å². The molecule has 0 radical (unpaired) electrons. The number of rotatable bonds is 4. The fourth-order valence-electron chi connectivity index (χ4n) is 2.07. The number of fused-ring (bicyclic) bond motifs is 1. The van der Waals surface area contributed by atoms with Gasteiger partial charge in [0.2, 0.25) is 0 Å². The summed E-state index contributed by atoms with van der Waals surface area (Å²) in [5.41, 5.74) is 4.61. The number of alkyl halides is 3. The molecule has 0 unspecified atom stereocenters. The van der Waals surface area contributed by atoms with Crippen LogP contribution in [0.3, 0.4) is 0 Å². The predicted molar refractivity (Wildman–Crippen MR) is 75.2 cm³/mol. The summed E-state index contributed by atoms with van der Waals surface area (Å²) in [6.45, 7) is 0.100. The molecular formula is C14H13F3N2O4. The van der Waals surface area contributed by atoms with E-state index < -0.39 is 17.7 Å². The first-order chi connectivity index (χ1) is 10.8. The molecule has 2 N–H and O–H groups in total. The monoisotopic (exact) mass is 330 g/mol. The van der Waals surface area contributed by atoms with Crippen molar-refractivity contribution >= 4 is 16.9 Å². The van der Waals surface area contributed by atoms with Gasteiger partial charge in [-0.1, -0.05) is 6.07 Å². The Morgan fingerprint density at radius 1 is 1.35 bits per heavy atom. The second-order valence-electron chi connectivity index (χ2n) is 4.58. The number of hydrogen-bond acceptors (Lipinski definition) is 5. The lowest BCUT2D eigenvalue weighted by molar-refractivity contribution is -0.199. The maximum absolute atomic E-state index is 12.4. The van der Waals surface area contributed by atoms with Crippen molar-refractivity contribution < 1.29 is 27.5 Å². The van der Waals surface area contributed by atoms with Crippen molar-refractivity contribution in [1.82, 2.24) is 4.73 Å². The summed E-state index contributed by atoms with van der Waals surface area (Å²) >= 11 is 0. The third kappa shape index (κ3) is 3.29. The maximum atomic E-state index is 12.4. The van der Waals surface area contributed by atoms with Gasteiger partial charge in [0.1, 0.15) is 5.75 Å². The van der Waals surface area contributed by atoms with Gasteiger partial charge < -0.3 is 15.3 Å². The van der Waals surface area contributed by atoms with Crippen molar-refractivity contribution in [3.05, 3.63) is 40.2 Å². The highest BCUT2D eigenvalue weighted by Crippen LogP contribution is 2.25. The Morgan fingerprint density at radius 3 is 2.61 bits per heavy atom. The molecule has 1 aromatic carbocycles. The first-order valence-corrected chi connectivity index (χ1v) is 6.50. The molecular weight excluding hydrogens is 317 g/mol. The summed E-state index contributed by atoms with van der Waals surface area (Å²) in [5, 5.41) is 0.327. The van der Waals surface area contributed by atoms with Crippen LogP contribution in [0.1, 0.15) is 5.56 Å². The third-order valence-electron chi connectivity index (χ3n) is 3.08. The van der Waals surface area contributed by atoms with E-state index in [2.05, 4.69) is 4.84 Å². The Kier molecular flexibility index (Phi) is 4.60. The molecule has 0 aliphatic rings. The molecule has 0 spiro atoms. The Morgan fingerprint density at radius 2 is 2.04 bits per heavy atom. The van der Waals surface area contributed by atoms with E-state index in [1.165, 1.54) is 25.3 Å². The molecule has 0 atom stereocenters. The number of nitrogens with zero attached hydrogens (tertiary/aromatic N) is 1. The van der Waals surface area contributed by atoms with Crippen molar-refractivity contribution in [3.63, 3.8) is 0 Å². The molecule has 124 valence electrons. The predicted octanol–water partition coefficient (Wildman–Crippen LogP) is 1.03. The standard InChI is InChI=1S/C14H13F3N2O4/c1-22-11-4-2-3-10-9(11)7-8(5-6-18)12(20)19(10)23-13(21)14(15,16)17/h2-4,7H,5-6,18H2,1H3. The Balaban J connectivity index is 2.72. The lowest BCUT2D eigenvalue weighted by Gasteiger charge is -2.14. The smallest absolute Gasteiger partial charge is 0.493 e. The summed E-state index contributed by atoms with van der Waals surface area (Å²) in [4.78, 5) is 27.6. The van der Waals surface area contributed by atoms with Gasteiger partial charge in [0, 0.05) is 10.9 Å². The van der Waals surface area contributed by atoms with E-state index in [4.69, 9.17) is 10.5 Å². The van der Waals surface area contributed by atoms with Gasteiger partial charge in [-0.3, -0.25) is 4.79 Å². The van der Waals surface area contributed by atoms with E-state index >= 15 is 0 Å². The SMILES string of the molecule is COc1cccc2c1cc(CCN)c(=O)n2OC(=O)C(F)(F)F. The zero-order valence-corrected chi connectivity index (χ0v) is 12.0. The Bertz CT molecular complexity index is 799. The molecule has 2 aromatic rings. The van der Waals surface area contributed by atoms with E-state index in [9.17, 15) is 22.8 Å². The van der Waals surface area contributed by atoms with Gasteiger partial charge in [-0.15, -0.1) is 4.73 Å². The first kappa shape index (κ1) is 16.8. The number of halogens is 3. The van der Waals surface area contributed by atoms with Crippen molar-refractivity contribution in [2.75, 3.05) is 13.7 Å². The number of aromatic nitrogens is 1. The molecule has 0 aliphatic carbocycles. The van der Waals surface area contributed by atoms with Crippen LogP contribution in [0.15, 0.2) is 29.1 Å². The number of methoxy groups -OCH3 is 1. The number of benzene rings is 1. The minimum atomic E-state index is -5.23. The molecule has 23 heavy (non-hydrogen) atoms. The first-order valence-electron chi connectivity index (χ1n) is 6.50. The molecule has 6 nitrogen and oxygen atoms in total. The topological polar surface area (TPSA) is 83.6 Å². The van der Waals surface area contributed by atoms with Crippen LogP contribution in [-0.2, 0) is 11.2 Å².